The number of carbonyl (C=O) groups is 15. The van der Waals surface area contributed by atoms with E-state index in [9.17, 15) is 86.9 Å². The van der Waals surface area contributed by atoms with Gasteiger partial charge in [0.2, 0.25) is 41.4 Å². The summed E-state index contributed by atoms with van der Waals surface area (Å²) in [6.07, 6.45) is 1.60. The number of nitrogen functional groups attached to an aromatic ring is 1. The fraction of sp³-hybridized carbons (Fsp3) is 0.357. The van der Waals surface area contributed by atoms with Gasteiger partial charge >= 0.3 is 30.2 Å². The Morgan fingerprint density at radius 3 is 2.02 bits per heavy atom. The molecule has 44 heteroatoms. The van der Waals surface area contributed by atoms with Crippen molar-refractivity contribution >= 4 is 191 Å². The average molecular weight is 1990 g/mol. The predicted octanol–water partition coefficient (Wildman–Crippen LogP) is 7.26. The minimum Gasteiger partial charge on any atom is -0.484 e. The third-order valence-corrected chi connectivity index (χ3v) is 24.6. The number of Topliss-reactive ketones (excluding diaryl/α,β-unsaturated/α-hetero) is 3. The maximum atomic E-state index is 14.0. The first-order valence-corrected chi connectivity index (χ1v) is 46.6. The lowest BCUT2D eigenvalue weighted by Gasteiger charge is -2.24. The number of amidine groups is 1. The van der Waals surface area contributed by atoms with E-state index in [0.29, 0.717) is 82.8 Å². The van der Waals surface area contributed by atoms with Gasteiger partial charge in [0.1, 0.15) is 29.3 Å². The number of carboxylic acids is 2. The number of rotatable bonds is 45. The summed E-state index contributed by atoms with van der Waals surface area (Å²) >= 11 is 7.18. The molecule has 1 fully saturated rings. The first-order valence-electron chi connectivity index (χ1n) is 45.0. The van der Waals surface area contributed by atoms with Gasteiger partial charge in [-0.25, -0.2) is 15.4 Å². The fourth-order valence-corrected chi connectivity index (χ4v) is 17.1. The summed E-state index contributed by atoms with van der Waals surface area (Å²) in [5.74, 6) is -11.3. The number of imide groups is 1. The SMILES string of the molecule is CC(=O)Oc1cc2c(c3ccccc13)C(CCl)CN2C(=O)c1cc2cc(CC(=O)c3cc4cc(C)ccc4[nH]3)ccc2[nH]1.CCC(=O)[C@@H](NC(=O)COc1ccc(/C(C)=N\NC(=O)CCN2C(=O)CC(SCC(CC(=O)[C@@H](CC(=O)O)NC(=O)[C@@H](CCCCC(=N)N)NC(=O)[C@H](C)NC(=O)CCCNC(=O)c3ccc(CCc4cnc5nc(N)[nH]c(=O)c5n4)cc3)C(=O)O)C2=O)cc1)C(C)C.O=C=O.O=C=O. The molecule has 1 saturated heterocycles. The number of aromatic nitrogens is 6. The summed E-state index contributed by atoms with van der Waals surface area (Å²) in [6, 6.07) is 33.2. The lowest BCUT2D eigenvalue weighted by atomic mass is 9.95. The summed E-state index contributed by atoms with van der Waals surface area (Å²) in [7, 11) is 0. The van der Waals surface area contributed by atoms with E-state index in [-0.39, 0.29) is 142 Å². The molecule has 12 rings (SSSR count). The smallest absolute Gasteiger partial charge is 0.373 e. The van der Waals surface area contributed by atoms with Crippen LogP contribution in [0.4, 0.5) is 11.6 Å². The minimum atomic E-state index is -1.80. The zero-order chi connectivity index (χ0) is 104. The zero-order valence-electron chi connectivity index (χ0n) is 78.5. The number of nitrogens with zero attached hydrogens (tertiary/aromatic N) is 6. The molecule has 6 aromatic carbocycles. The Morgan fingerprint density at radius 1 is 0.704 bits per heavy atom. The highest BCUT2D eigenvalue weighted by atomic mass is 35.5. The minimum absolute atomic E-state index is 0.00311. The van der Waals surface area contributed by atoms with Gasteiger partial charge in [0.15, 0.2) is 35.1 Å². The molecule has 0 radical (unpaired) electrons. The molecule has 6 heterocycles. The molecule has 7 atom stereocenters. The van der Waals surface area contributed by atoms with Crippen LogP contribution in [-0.2, 0) is 96.0 Å². The van der Waals surface area contributed by atoms with Crippen LogP contribution in [-0.4, -0.2) is 225 Å². The Kier molecular flexibility index (Phi) is 40.6. The number of H-pyrrole nitrogens is 3. The van der Waals surface area contributed by atoms with Crippen molar-refractivity contribution in [2.24, 2.45) is 22.7 Å². The van der Waals surface area contributed by atoms with Crippen LogP contribution in [0, 0.1) is 24.2 Å². The van der Waals surface area contributed by atoms with Crippen molar-refractivity contribution in [3.63, 3.8) is 0 Å². The quantitative estimate of drug-likeness (QED) is 0.00205. The fourth-order valence-electron chi connectivity index (χ4n) is 15.6. The molecule has 42 nitrogen and oxygen atoms in total. The van der Waals surface area contributed by atoms with Crippen LogP contribution in [0.25, 0.3) is 43.7 Å². The van der Waals surface area contributed by atoms with Gasteiger partial charge in [-0.05, 0) is 159 Å². The number of carbonyl (C=O) groups excluding carboxylic acids is 17. The molecule has 142 heavy (non-hydrogen) atoms. The second-order valence-electron chi connectivity index (χ2n) is 33.7. The number of hydrogen-bond donors (Lipinski definition) is 14. The number of likely N-dealkylation sites (tertiary alicyclic amines) is 1. The van der Waals surface area contributed by atoms with Gasteiger partial charge in [0, 0.05) is 128 Å². The number of hydrogen-bond acceptors (Lipinski definition) is 29. The Balaban J connectivity index is 0.000000375. The van der Waals surface area contributed by atoms with Crippen molar-refractivity contribution in [3.05, 3.63) is 194 Å². The lowest BCUT2D eigenvalue weighted by Crippen LogP contribution is -2.55. The van der Waals surface area contributed by atoms with Gasteiger partial charge in [-0.1, -0.05) is 81.3 Å². The number of amides is 9. The van der Waals surface area contributed by atoms with Crippen LogP contribution >= 0.6 is 23.4 Å². The number of halogens is 1. The molecule has 2 aliphatic heterocycles. The highest BCUT2D eigenvalue weighted by molar-refractivity contribution is 8.00. The lowest BCUT2D eigenvalue weighted by molar-refractivity contribution is -0.193. The van der Waals surface area contributed by atoms with Crippen LogP contribution < -0.4 is 63.4 Å². The second kappa shape index (κ2) is 52.6. The molecule has 0 saturated carbocycles. The summed E-state index contributed by atoms with van der Waals surface area (Å²) in [6.45, 7) is 11.6. The summed E-state index contributed by atoms with van der Waals surface area (Å²) < 4.78 is 11.1. The Hall–Kier alpha value is -16.1. The van der Waals surface area contributed by atoms with E-state index in [1.54, 1.807) is 73.3 Å². The van der Waals surface area contributed by atoms with Gasteiger partial charge in [-0.2, -0.15) is 29.3 Å². The van der Waals surface area contributed by atoms with Gasteiger partial charge in [0.25, 0.3) is 23.3 Å². The summed E-state index contributed by atoms with van der Waals surface area (Å²) in [5, 5.41) is 46.8. The molecule has 10 aromatic rings. The van der Waals surface area contributed by atoms with Gasteiger partial charge < -0.3 is 72.6 Å². The molecule has 9 amide bonds. The molecule has 16 N–H and O–H groups in total. The van der Waals surface area contributed by atoms with Crippen molar-refractivity contribution in [3.8, 4) is 11.5 Å². The molecule has 3 unspecified atom stereocenters. The number of esters is 1. The number of unbranched alkanes of at least 4 members (excludes halogenated alkanes) is 1. The highest BCUT2D eigenvalue weighted by Gasteiger charge is 2.42. The third-order valence-electron chi connectivity index (χ3n) is 22.8. The van der Waals surface area contributed by atoms with E-state index >= 15 is 0 Å². The molecular formula is C98H107ClN18O24S. The number of aromatic amines is 3. The number of carboxylic acid groups (broad SMARTS) is 2. The number of aliphatic carboxylic acids is 2. The predicted molar refractivity (Wildman–Crippen MR) is 519 cm³/mol. The molecule has 0 aliphatic carbocycles. The number of aryl methyl sites for hydroxylation is 3. The van der Waals surface area contributed by atoms with Crippen molar-refractivity contribution in [1.82, 2.24) is 66.8 Å². The molecule has 0 bridgehead atoms. The Labute approximate surface area is 820 Å². The number of hydrazone groups is 1. The Morgan fingerprint density at radius 2 is 1.36 bits per heavy atom. The van der Waals surface area contributed by atoms with Gasteiger partial charge in [-0.15, -0.1) is 23.4 Å². The number of fused-ring (bicyclic) bond motifs is 6. The van der Waals surface area contributed by atoms with Crippen LogP contribution in [0.1, 0.15) is 183 Å². The number of nitrogens with two attached hydrogens (primary N) is 2. The molecule has 2 aliphatic rings. The standard InChI is InChI=1S/C61H79N15O16S.C35H28ClN3O4.2CO2/c1-6-43(77)52(32(2)3)71-49(81)30-92-40-21-18-36(19-22-40)33(4)74-75-48(80)23-25-76-50(82)28-45(59(76)89)93-31-38(60(90)91)26-44(78)42(27-51(83)84)70-57(87)41(10-7-8-11-46(62)63)69-55(85)34(5)67-47(79)12-9-24-65-56(86)37-16-13-35(14-17-37)15-20-39-29-66-54-53(68-39)58(88)73-61(64)72-54;1-19-7-9-27-22(11-19)14-29(37-27)32(41)13-21-8-10-28-23(12-21)15-30(38-28)35(42)39-18-24(17-36)34-26-6-4-3-5-25(26)33(16-31(34)39)43-20(2)40;2*2-1-3/h13-14,16-19,21-22,29,32,34,38,41-42,45,52H,6-12,15,20,23-28,30-31H2,1-5H3,(H3,62,63)(H,65,86)(H,67,79)(H,69,85)(H,70,87)(H,71,81)(H,75,80)(H,83,84)(H,90,91)(H3,64,66,72,73,88);3-12,14-16,24,37-38H,13,17-18H2,1-2H3;;/b74-33-;;;/t34-,38?,41+,42+,45?,52-;;;/m0.../s1. The van der Waals surface area contributed by atoms with Crippen molar-refractivity contribution in [2.75, 3.05) is 48.5 Å². The first-order chi connectivity index (χ1) is 67.7. The van der Waals surface area contributed by atoms with E-state index in [4.69, 9.17) is 57.1 Å². The topological polar surface area (TPSA) is 653 Å². The monoisotopic (exact) mass is 1990 g/mol. The molecular weight excluding hydrogens is 1880 g/mol. The average Bonchev–Trinajstić information content (AvgIpc) is 1.58. The number of ether oxygens (including phenoxy) is 2. The maximum absolute atomic E-state index is 14.0. The summed E-state index contributed by atoms with van der Waals surface area (Å²) in [5.41, 5.74) is 22.3. The van der Waals surface area contributed by atoms with Gasteiger partial charge in [0.05, 0.1) is 64.5 Å². The van der Waals surface area contributed by atoms with E-state index in [1.807, 2.05) is 87.5 Å². The number of anilines is 2. The zero-order valence-corrected chi connectivity index (χ0v) is 80.0. The summed E-state index contributed by atoms with van der Waals surface area (Å²) in [4.78, 5) is 263. The first kappa shape index (κ1) is 110. The number of nitrogens with one attached hydrogen (secondary N) is 10. The van der Waals surface area contributed by atoms with Crippen LogP contribution in [0.2, 0.25) is 0 Å². The normalized spacial score (nSPS) is 14.1. The third kappa shape index (κ3) is 31.2. The molecule has 746 valence electrons. The largest absolute Gasteiger partial charge is 0.484 e. The van der Waals surface area contributed by atoms with Crippen LogP contribution in [0.5, 0.6) is 11.5 Å². The van der Waals surface area contributed by atoms with Crippen molar-refractivity contribution < 1.29 is 111 Å². The van der Waals surface area contributed by atoms with E-state index < -0.39 is 130 Å². The molecule has 0 spiro atoms. The second-order valence-corrected chi connectivity index (χ2v) is 35.2. The molecule has 4 aromatic heterocycles. The number of thioether (sulfide) groups is 1. The number of alkyl halides is 1. The van der Waals surface area contributed by atoms with Crippen LogP contribution in [0.15, 0.2) is 143 Å². The Bertz CT molecular complexity index is 6570. The maximum Gasteiger partial charge on any atom is 0.373 e. The van der Waals surface area contributed by atoms with Crippen molar-refractivity contribution in [1.29, 1.82) is 5.41 Å². The van der Waals surface area contributed by atoms with E-state index in [1.165, 1.54) is 20.0 Å². The van der Waals surface area contributed by atoms with Crippen molar-refractivity contribution in [2.45, 2.75) is 174 Å². The highest BCUT2D eigenvalue weighted by Crippen LogP contribution is 2.46. The number of ketones is 3. The van der Waals surface area contributed by atoms with Gasteiger partial charge in [-0.3, -0.25) is 92.0 Å². The van der Waals surface area contributed by atoms with Crippen LogP contribution in [0.3, 0.4) is 0 Å². The number of benzene rings is 6. The van der Waals surface area contributed by atoms with E-state index in [0.717, 1.165) is 71.5 Å². The van der Waals surface area contributed by atoms with E-state index in [2.05, 4.69) is 73.1 Å².